The third-order valence-corrected chi connectivity index (χ3v) is 10.7. The van der Waals surface area contributed by atoms with E-state index in [-0.39, 0.29) is 18.5 Å². The first-order chi connectivity index (χ1) is 26.5. The van der Waals surface area contributed by atoms with E-state index in [4.69, 9.17) is 4.74 Å². The van der Waals surface area contributed by atoms with Crippen molar-refractivity contribution in [1.82, 2.24) is 5.32 Å². The molecule has 2 atom stereocenters. The second kappa shape index (κ2) is 44.1. The zero-order chi connectivity index (χ0) is 39.4. The predicted octanol–water partition coefficient (Wildman–Crippen LogP) is 13.6. The van der Waals surface area contributed by atoms with Gasteiger partial charge in [0.2, 0.25) is 5.91 Å². The normalized spacial score (nSPS) is 12.9. The lowest BCUT2D eigenvalue weighted by Gasteiger charge is -2.20. The molecule has 0 radical (unpaired) electrons. The fourth-order valence-electron chi connectivity index (χ4n) is 7.04. The van der Waals surface area contributed by atoms with E-state index in [9.17, 15) is 19.8 Å². The van der Waals surface area contributed by atoms with Crippen molar-refractivity contribution >= 4 is 11.9 Å². The van der Waals surface area contributed by atoms with Gasteiger partial charge in [-0.1, -0.05) is 192 Å². The molecule has 1 amide bonds. The maximum atomic E-state index is 12.4. The summed E-state index contributed by atoms with van der Waals surface area (Å²) in [7, 11) is 0. The molecule has 0 spiro atoms. The zero-order valence-corrected chi connectivity index (χ0v) is 36.0. The van der Waals surface area contributed by atoms with Gasteiger partial charge in [-0.05, 0) is 64.2 Å². The molecule has 0 aromatic heterocycles. The van der Waals surface area contributed by atoms with Crippen LogP contribution in [0.15, 0.2) is 24.3 Å². The molecule has 0 saturated carbocycles. The van der Waals surface area contributed by atoms with Gasteiger partial charge in [0.25, 0.3) is 0 Å². The topological polar surface area (TPSA) is 95.9 Å². The molecule has 0 rings (SSSR count). The Morgan fingerprint density at radius 3 is 1.31 bits per heavy atom. The van der Waals surface area contributed by atoms with Crippen molar-refractivity contribution in [3.05, 3.63) is 24.3 Å². The highest BCUT2D eigenvalue weighted by molar-refractivity contribution is 5.76. The Kier molecular flexibility index (Phi) is 42.7. The number of allylic oxidation sites excluding steroid dienone is 3. The molecule has 6 nitrogen and oxygen atoms in total. The van der Waals surface area contributed by atoms with Gasteiger partial charge >= 0.3 is 5.97 Å². The van der Waals surface area contributed by atoms with Crippen LogP contribution in [0, 0.1) is 0 Å². The Bertz CT molecular complexity index is 843. The van der Waals surface area contributed by atoms with Crippen LogP contribution in [0.1, 0.15) is 245 Å². The van der Waals surface area contributed by atoms with Crippen molar-refractivity contribution in [2.24, 2.45) is 0 Å². The molecule has 0 aliphatic heterocycles. The lowest BCUT2D eigenvalue weighted by molar-refractivity contribution is -0.143. The molecule has 0 bridgehead atoms. The standard InChI is InChI=1S/C48H91NO5/c1-3-5-7-9-11-13-15-17-22-26-30-34-38-42-48(53)54-43-39-35-31-27-23-19-18-21-25-29-33-37-41-47(52)49-45(44-50)46(51)40-36-32-28-24-20-16-14-12-10-8-6-4-2/h19,23,36,40,45-46,50-51H,3-18,20-22,24-35,37-39,41-44H2,1-2H3,(H,49,52)/b23-19-,40-36+. The molecule has 3 N–H and O–H groups in total. The lowest BCUT2D eigenvalue weighted by Crippen LogP contribution is -2.45. The maximum absolute atomic E-state index is 12.4. The van der Waals surface area contributed by atoms with Crippen molar-refractivity contribution in [1.29, 1.82) is 0 Å². The third kappa shape index (κ3) is 40.0. The van der Waals surface area contributed by atoms with Crippen LogP contribution in [0.3, 0.4) is 0 Å². The number of rotatable bonds is 43. The minimum Gasteiger partial charge on any atom is -0.466 e. The van der Waals surface area contributed by atoms with Crippen molar-refractivity contribution in [3.63, 3.8) is 0 Å². The number of hydrogen-bond donors (Lipinski definition) is 3. The molecule has 0 aliphatic carbocycles. The van der Waals surface area contributed by atoms with Crippen LogP contribution in [0.2, 0.25) is 0 Å². The van der Waals surface area contributed by atoms with Gasteiger partial charge in [0.15, 0.2) is 0 Å². The van der Waals surface area contributed by atoms with Gasteiger partial charge in [-0.15, -0.1) is 0 Å². The molecule has 2 unspecified atom stereocenters. The Morgan fingerprint density at radius 2 is 0.870 bits per heavy atom. The average Bonchev–Trinajstić information content (AvgIpc) is 3.17. The Balaban J connectivity index is 3.54. The number of amides is 1. The summed E-state index contributed by atoms with van der Waals surface area (Å²) in [6, 6.07) is -0.644. The van der Waals surface area contributed by atoms with Crippen LogP contribution < -0.4 is 5.32 Å². The number of carbonyl (C=O) groups is 2. The number of nitrogens with one attached hydrogen (secondary N) is 1. The number of aliphatic hydroxyl groups excluding tert-OH is 2. The second-order valence-electron chi connectivity index (χ2n) is 16.1. The summed E-state index contributed by atoms with van der Waals surface area (Å²) < 4.78 is 5.43. The molecule has 0 aromatic carbocycles. The number of esters is 1. The molecule has 318 valence electrons. The molecular formula is C48H91NO5. The number of ether oxygens (including phenoxy) is 1. The van der Waals surface area contributed by atoms with E-state index < -0.39 is 12.1 Å². The maximum Gasteiger partial charge on any atom is 0.305 e. The van der Waals surface area contributed by atoms with E-state index >= 15 is 0 Å². The van der Waals surface area contributed by atoms with Gasteiger partial charge in [0.1, 0.15) is 0 Å². The minimum atomic E-state index is -0.858. The fraction of sp³-hybridized carbons (Fsp3) is 0.875. The summed E-state index contributed by atoms with van der Waals surface area (Å²) in [5.74, 6) is -0.119. The van der Waals surface area contributed by atoms with Gasteiger partial charge in [0.05, 0.1) is 25.4 Å². The van der Waals surface area contributed by atoms with Crippen LogP contribution in [0.4, 0.5) is 0 Å². The van der Waals surface area contributed by atoms with Crippen LogP contribution in [-0.4, -0.2) is 47.4 Å². The van der Waals surface area contributed by atoms with E-state index in [0.717, 1.165) is 77.0 Å². The van der Waals surface area contributed by atoms with Crippen LogP contribution in [0.5, 0.6) is 0 Å². The highest BCUT2D eigenvalue weighted by Crippen LogP contribution is 2.15. The lowest BCUT2D eigenvalue weighted by atomic mass is 10.0. The number of carbonyl (C=O) groups excluding carboxylic acids is 2. The Morgan fingerprint density at radius 1 is 0.500 bits per heavy atom. The van der Waals surface area contributed by atoms with Crippen molar-refractivity contribution in [2.45, 2.75) is 257 Å². The SMILES string of the molecule is CCCCCCCCCCCC/C=C/C(O)C(CO)NC(=O)CCCCCCC/C=C\CCCCCOC(=O)CCCCCCCCCCCCCCC. The molecule has 0 saturated heterocycles. The van der Waals surface area contributed by atoms with Gasteiger partial charge in [-0.3, -0.25) is 9.59 Å². The zero-order valence-electron chi connectivity index (χ0n) is 36.0. The summed E-state index contributed by atoms with van der Waals surface area (Å²) in [5, 5.41) is 22.9. The Hall–Kier alpha value is -1.66. The first-order valence-electron chi connectivity index (χ1n) is 23.6. The molecule has 54 heavy (non-hydrogen) atoms. The summed E-state index contributed by atoms with van der Waals surface area (Å²) in [6.07, 6.45) is 50.2. The van der Waals surface area contributed by atoms with Crippen molar-refractivity contribution < 1.29 is 24.5 Å². The van der Waals surface area contributed by atoms with Gasteiger partial charge in [-0.25, -0.2) is 0 Å². The molecule has 0 aromatic rings. The third-order valence-electron chi connectivity index (χ3n) is 10.7. The average molecular weight is 762 g/mol. The van der Waals surface area contributed by atoms with Gasteiger partial charge < -0.3 is 20.3 Å². The number of aliphatic hydroxyl groups is 2. The molecular weight excluding hydrogens is 671 g/mol. The smallest absolute Gasteiger partial charge is 0.305 e. The van der Waals surface area contributed by atoms with Crippen LogP contribution in [-0.2, 0) is 14.3 Å². The van der Waals surface area contributed by atoms with Crippen molar-refractivity contribution in [2.75, 3.05) is 13.2 Å². The van der Waals surface area contributed by atoms with Crippen LogP contribution >= 0.6 is 0 Å². The molecule has 6 heteroatoms. The van der Waals surface area contributed by atoms with E-state index in [2.05, 4.69) is 31.3 Å². The first-order valence-corrected chi connectivity index (χ1v) is 23.6. The number of hydrogen-bond acceptors (Lipinski definition) is 5. The quantitative estimate of drug-likeness (QED) is 0.0327. The fourth-order valence-corrected chi connectivity index (χ4v) is 7.04. The largest absolute Gasteiger partial charge is 0.466 e. The van der Waals surface area contributed by atoms with E-state index in [1.165, 1.54) is 141 Å². The minimum absolute atomic E-state index is 0.0236. The summed E-state index contributed by atoms with van der Waals surface area (Å²) in [6.45, 7) is 4.82. The summed E-state index contributed by atoms with van der Waals surface area (Å²) >= 11 is 0. The monoisotopic (exact) mass is 762 g/mol. The number of unbranched alkanes of at least 4 members (excludes halogenated alkanes) is 30. The first kappa shape index (κ1) is 52.3. The second-order valence-corrected chi connectivity index (χ2v) is 16.1. The van der Waals surface area contributed by atoms with E-state index in [1.807, 2.05) is 6.08 Å². The highest BCUT2D eigenvalue weighted by Gasteiger charge is 2.18. The molecule has 0 aliphatic rings. The van der Waals surface area contributed by atoms with Gasteiger partial charge in [-0.2, -0.15) is 0 Å². The highest BCUT2D eigenvalue weighted by atomic mass is 16.5. The Labute approximate surface area is 335 Å². The van der Waals surface area contributed by atoms with E-state index in [0.29, 0.717) is 19.4 Å². The van der Waals surface area contributed by atoms with Crippen molar-refractivity contribution in [3.8, 4) is 0 Å². The van der Waals surface area contributed by atoms with Crippen LogP contribution in [0.25, 0.3) is 0 Å². The molecule has 0 fully saturated rings. The predicted molar refractivity (Wildman–Crippen MR) is 232 cm³/mol. The molecule has 0 heterocycles. The van der Waals surface area contributed by atoms with Gasteiger partial charge in [0, 0.05) is 12.8 Å². The van der Waals surface area contributed by atoms with E-state index in [1.54, 1.807) is 6.08 Å². The summed E-state index contributed by atoms with van der Waals surface area (Å²) in [4.78, 5) is 24.4. The summed E-state index contributed by atoms with van der Waals surface area (Å²) in [5.41, 5.74) is 0.